The zero-order valence-corrected chi connectivity index (χ0v) is 16.6. The summed E-state index contributed by atoms with van der Waals surface area (Å²) in [4.78, 5) is 25.7. The number of aromatic nitrogens is 5. The van der Waals surface area contributed by atoms with E-state index in [9.17, 15) is 4.79 Å². The molecule has 0 atom stereocenters. The molecule has 1 aromatic carbocycles. The van der Waals surface area contributed by atoms with Gasteiger partial charge in [-0.15, -0.1) is 0 Å². The molecule has 9 heteroatoms. The van der Waals surface area contributed by atoms with Gasteiger partial charge in [-0.05, 0) is 24.7 Å². The molecule has 0 spiro atoms. The number of fused-ring (bicyclic) bond motifs is 1. The number of rotatable bonds is 4. The van der Waals surface area contributed by atoms with E-state index in [1.807, 2.05) is 42.6 Å². The Morgan fingerprint density at radius 3 is 2.70 bits per heavy atom. The number of imidazole rings is 1. The number of amides is 1. The Balaban J connectivity index is 1.37. The van der Waals surface area contributed by atoms with Gasteiger partial charge in [-0.3, -0.25) is 4.79 Å². The molecule has 1 saturated heterocycles. The monoisotopic (exact) mass is 403 g/mol. The van der Waals surface area contributed by atoms with E-state index in [0.717, 1.165) is 42.1 Å². The van der Waals surface area contributed by atoms with Crippen LogP contribution < -0.4 is 0 Å². The molecule has 4 heterocycles. The molecule has 0 N–H and O–H groups in total. The van der Waals surface area contributed by atoms with Crippen molar-refractivity contribution in [1.29, 1.82) is 0 Å². The molecule has 0 bridgehead atoms. The molecule has 1 aliphatic heterocycles. The number of carbonyl (C=O) groups is 1. The Bertz CT molecular complexity index is 1160. The molecule has 0 aliphatic carbocycles. The van der Waals surface area contributed by atoms with Gasteiger partial charge < -0.3 is 14.3 Å². The van der Waals surface area contributed by atoms with Crippen LogP contribution in [0.2, 0.25) is 0 Å². The highest BCUT2D eigenvalue weighted by Crippen LogP contribution is 2.24. The topological polar surface area (TPSA) is 92.7 Å². The lowest BCUT2D eigenvalue weighted by Crippen LogP contribution is -2.48. The number of benzene rings is 1. The highest BCUT2D eigenvalue weighted by atomic mass is 16.5. The Morgan fingerprint density at radius 1 is 1.07 bits per heavy atom. The lowest BCUT2D eigenvalue weighted by molar-refractivity contribution is 0.0595. The predicted molar refractivity (Wildman–Crippen MR) is 110 cm³/mol. The number of hydrogen-bond donors (Lipinski definition) is 0. The summed E-state index contributed by atoms with van der Waals surface area (Å²) in [5.74, 6) is 0.193. The minimum absolute atomic E-state index is 0.0253. The molecule has 30 heavy (non-hydrogen) atoms. The van der Waals surface area contributed by atoms with E-state index in [-0.39, 0.29) is 11.8 Å². The van der Waals surface area contributed by atoms with Crippen molar-refractivity contribution in [3.63, 3.8) is 0 Å². The molecule has 4 aromatic rings. The average Bonchev–Trinajstić information content (AvgIpc) is 3.46. The van der Waals surface area contributed by atoms with Gasteiger partial charge in [0.25, 0.3) is 0 Å². The van der Waals surface area contributed by atoms with Crippen LogP contribution in [0.25, 0.3) is 28.3 Å². The van der Waals surface area contributed by atoms with E-state index in [4.69, 9.17) is 4.52 Å². The van der Waals surface area contributed by atoms with Gasteiger partial charge in [0.1, 0.15) is 0 Å². The first-order valence-electron chi connectivity index (χ1n) is 9.98. The molecule has 1 fully saturated rings. The highest BCUT2D eigenvalue weighted by molar-refractivity contribution is 5.90. The maximum absolute atomic E-state index is 12.7. The fraction of sp³-hybridized carbons (Fsp3) is 0.286. The summed E-state index contributed by atoms with van der Waals surface area (Å²) in [7, 11) is 0. The van der Waals surface area contributed by atoms with Crippen LogP contribution in [0.1, 0.15) is 17.6 Å². The van der Waals surface area contributed by atoms with Gasteiger partial charge in [0.15, 0.2) is 5.65 Å². The fourth-order valence-corrected chi connectivity index (χ4v) is 3.62. The Morgan fingerprint density at radius 2 is 1.90 bits per heavy atom. The normalized spacial score (nSPS) is 15.0. The summed E-state index contributed by atoms with van der Waals surface area (Å²) in [5, 5.41) is 8.28. The smallest absolute Gasteiger partial charge is 0.316 e. The van der Waals surface area contributed by atoms with E-state index >= 15 is 0 Å². The van der Waals surface area contributed by atoms with E-state index in [1.54, 1.807) is 15.6 Å². The van der Waals surface area contributed by atoms with Crippen molar-refractivity contribution in [2.75, 3.05) is 32.7 Å². The van der Waals surface area contributed by atoms with Gasteiger partial charge in [0.2, 0.25) is 5.82 Å². The molecule has 0 unspecified atom stereocenters. The molecular formula is C21H21N7O2. The largest absolute Gasteiger partial charge is 0.332 e. The lowest BCUT2D eigenvalue weighted by Gasteiger charge is -2.33. The van der Waals surface area contributed by atoms with Crippen molar-refractivity contribution in [2.24, 2.45) is 0 Å². The van der Waals surface area contributed by atoms with Crippen LogP contribution >= 0.6 is 0 Å². The van der Waals surface area contributed by atoms with Crippen molar-refractivity contribution in [3.05, 3.63) is 54.7 Å². The second kappa shape index (κ2) is 7.68. The Labute approximate surface area is 172 Å². The van der Waals surface area contributed by atoms with Gasteiger partial charge in [0.05, 0.1) is 11.9 Å². The molecule has 1 amide bonds. The first-order valence-corrected chi connectivity index (χ1v) is 9.98. The minimum Gasteiger partial charge on any atom is -0.332 e. The summed E-state index contributed by atoms with van der Waals surface area (Å²) in [5.41, 5.74) is 3.24. The van der Waals surface area contributed by atoms with E-state index < -0.39 is 0 Å². The minimum atomic E-state index is -0.216. The van der Waals surface area contributed by atoms with Crippen LogP contribution in [0, 0.1) is 0 Å². The second-order valence-corrected chi connectivity index (χ2v) is 7.18. The highest BCUT2D eigenvalue weighted by Gasteiger charge is 2.26. The van der Waals surface area contributed by atoms with E-state index in [1.165, 1.54) is 0 Å². The molecular weight excluding hydrogens is 382 g/mol. The molecule has 152 valence electrons. The maximum atomic E-state index is 12.7. The second-order valence-electron chi connectivity index (χ2n) is 7.18. The van der Waals surface area contributed by atoms with Crippen LogP contribution in [0.4, 0.5) is 0 Å². The third-order valence-corrected chi connectivity index (χ3v) is 5.37. The van der Waals surface area contributed by atoms with Crippen LogP contribution in [0.3, 0.4) is 0 Å². The summed E-state index contributed by atoms with van der Waals surface area (Å²) in [6.45, 7) is 6.17. The molecule has 5 rings (SSSR count). The number of hydrogen-bond acceptors (Lipinski definition) is 7. The van der Waals surface area contributed by atoms with Gasteiger partial charge >= 0.3 is 11.8 Å². The first-order chi connectivity index (χ1) is 14.7. The number of carbonyl (C=O) groups excluding carboxylic acids is 1. The Hall–Kier alpha value is -3.59. The quantitative estimate of drug-likeness (QED) is 0.516. The van der Waals surface area contributed by atoms with Crippen LogP contribution in [-0.2, 0) is 0 Å². The molecule has 1 aliphatic rings. The third-order valence-electron chi connectivity index (χ3n) is 5.37. The molecule has 3 aromatic heterocycles. The summed E-state index contributed by atoms with van der Waals surface area (Å²) in [6.07, 6.45) is 3.59. The summed E-state index contributed by atoms with van der Waals surface area (Å²) >= 11 is 0. The Kier molecular flexibility index (Phi) is 4.72. The number of piperazine rings is 1. The lowest BCUT2D eigenvalue weighted by atomic mass is 10.1. The van der Waals surface area contributed by atoms with E-state index in [0.29, 0.717) is 18.9 Å². The first kappa shape index (κ1) is 18.4. The SMILES string of the molecule is CCN1CCN(C(=O)c2nc(-c3cccc(-c4cn5ncccc5n4)c3)no2)CC1. The zero-order chi connectivity index (χ0) is 20.5. The van der Waals surface area contributed by atoms with Gasteiger partial charge in [-0.1, -0.05) is 30.3 Å². The number of nitrogens with zero attached hydrogens (tertiary/aromatic N) is 7. The molecule has 0 saturated carbocycles. The average molecular weight is 403 g/mol. The van der Waals surface area contributed by atoms with Crippen LogP contribution in [0.5, 0.6) is 0 Å². The van der Waals surface area contributed by atoms with Crippen LogP contribution in [-0.4, -0.2) is 73.2 Å². The predicted octanol–water partition coefficient (Wildman–Crippen LogP) is 2.22. The van der Waals surface area contributed by atoms with Gasteiger partial charge in [-0.25, -0.2) is 9.50 Å². The van der Waals surface area contributed by atoms with Crippen molar-refractivity contribution in [3.8, 4) is 22.6 Å². The van der Waals surface area contributed by atoms with Crippen molar-refractivity contribution >= 4 is 11.6 Å². The van der Waals surface area contributed by atoms with Gasteiger partial charge in [0, 0.05) is 43.5 Å². The van der Waals surface area contributed by atoms with Crippen molar-refractivity contribution < 1.29 is 9.32 Å². The zero-order valence-electron chi connectivity index (χ0n) is 16.6. The van der Waals surface area contributed by atoms with Crippen LogP contribution in [0.15, 0.2) is 53.3 Å². The summed E-state index contributed by atoms with van der Waals surface area (Å²) in [6, 6.07) is 11.4. The van der Waals surface area contributed by atoms with E-state index in [2.05, 4.69) is 32.0 Å². The fourth-order valence-electron chi connectivity index (χ4n) is 3.62. The molecule has 9 nitrogen and oxygen atoms in total. The van der Waals surface area contributed by atoms with Crippen molar-refractivity contribution in [1.82, 2.24) is 34.5 Å². The standard InChI is InChI=1S/C21H21N7O2/c1-2-26-9-11-27(12-10-26)21(29)20-24-19(25-30-20)16-6-3-5-15(13-16)17-14-28-18(23-17)7-4-8-22-28/h3-8,13-14H,2,9-12H2,1H3. The third kappa shape index (κ3) is 3.43. The molecule has 0 radical (unpaired) electrons. The number of likely N-dealkylation sites (N-methyl/N-ethyl adjacent to an activating group) is 1. The van der Waals surface area contributed by atoms with Crippen molar-refractivity contribution in [2.45, 2.75) is 6.92 Å². The summed E-state index contributed by atoms with van der Waals surface area (Å²) < 4.78 is 7.01. The maximum Gasteiger partial charge on any atom is 0.316 e. The van der Waals surface area contributed by atoms with Gasteiger partial charge in [-0.2, -0.15) is 10.1 Å².